The lowest BCUT2D eigenvalue weighted by molar-refractivity contribution is 0.138. The van der Waals surface area contributed by atoms with E-state index in [9.17, 15) is 4.39 Å². The van der Waals surface area contributed by atoms with E-state index in [1.54, 1.807) is 6.07 Å². The summed E-state index contributed by atoms with van der Waals surface area (Å²) in [6.45, 7) is 12.1. The van der Waals surface area contributed by atoms with Gasteiger partial charge in [0.2, 0.25) is 0 Å². The highest BCUT2D eigenvalue weighted by atomic mass is 19.1. The van der Waals surface area contributed by atoms with Gasteiger partial charge in [0.25, 0.3) is 0 Å². The fourth-order valence-corrected chi connectivity index (χ4v) is 2.92. The summed E-state index contributed by atoms with van der Waals surface area (Å²) in [6, 6.07) is 5.83. The van der Waals surface area contributed by atoms with E-state index < -0.39 is 0 Å². The Bertz CT molecular complexity index is 487. The van der Waals surface area contributed by atoms with Gasteiger partial charge >= 0.3 is 0 Å². The van der Waals surface area contributed by atoms with Crippen molar-refractivity contribution >= 4 is 5.69 Å². The number of rotatable bonds is 4. The quantitative estimate of drug-likeness (QED) is 0.920. The average molecular weight is 293 g/mol. The van der Waals surface area contributed by atoms with Crippen LogP contribution < -0.4 is 10.2 Å². The molecule has 1 aromatic rings. The van der Waals surface area contributed by atoms with Crippen LogP contribution in [0, 0.1) is 5.82 Å². The standard InChI is InChI=1S/C17H28FN3/c1-6-19-13(2)14-7-8-16(15(18)11-14)21-10-9-20(5)17(3,4)12-21/h7-8,11,13,19H,6,9-10,12H2,1-5H3. The monoisotopic (exact) mass is 293 g/mol. The minimum absolute atomic E-state index is 0.0699. The van der Waals surface area contributed by atoms with Gasteiger partial charge in [0.1, 0.15) is 5.82 Å². The fraction of sp³-hybridized carbons (Fsp3) is 0.647. The van der Waals surface area contributed by atoms with E-state index in [0.29, 0.717) is 0 Å². The van der Waals surface area contributed by atoms with Crippen LogP contribution in [0.2, 0.25) is 0 Å². The van der Waals surface area contributed by atoms with Crippen molar-refractivity contribution in [3.05, 3.63) is 29.6 Å². The molecular weight excluding hydrogens is 265 g/mol. The SMILES string of the molecule is CCNC(C)c1ccc(N2CCN(C)C(C)(C)C2)c(F)c1. The number of benzene rings is 1. The molecule has 0 aromatic heterocycles. The van der Waals surface area contributed by atoms with E-state index in [4.69, 9.17) is 0 Å². The molecular formula is C17H28FN3. The molecule has 2 rings (SSSR count). The largest absolute Gasteiger partial charge is 0.366 e. The molecule has 1 saturated heterocycles. The van der Waals surface area contributed by atoms with Gasteiger partial charge in [-0.05, 0) is 52.1 Å². The van der Waals surface area contributed by atoms with Crippen molar-refractivity contribution in [3.8, 4) is 0 Å². The maximum absolute atomic E-state index is 14.5. The molecule has 1 N–H and O–H groups in total. The number of nitrogens with zero attached hydrogens (tertiary/aromatic N) is 2. The normalized spacial score (nSPS) is 20.6. The number of anilines is 1. The lowest BCUT2D eigenvalue weighted by Crippen LogP contribution is -2.57. The molecule has 1 aromatic carbocycles. The van der Waals surface area contributed by atoms with Gasteiger partial charge in [0, 0.05) is 31.2 Å². The van der Waals surface area contributed by atoms with Gasteiger partial charge in [-0.3, -0.25) is 4.90 Å². The molecule has 0 bridgehead atoms. The minimum atomic E-state index is -0.113. The summed E-state index contributed by atoms with van der Waals surface area (Å²) in [5.41, 5.74) is 1.80. The molecule has 0 aliphatic carbocycles. The highest BCUT2D eigenvalue weighted by Crippen LogP contribution is 2.28. The first kappa shape index (κ1) is 16.2. The van der Waals surface area contributed by atoms with E-state index in [0.717, 1.165) is 37.4 Å². The Labute approximate surface area is 128 Å². The molecule has 1 fully saturated rings. The zero-order valence-corrected chi connectivity index (χ0v) is 13.9. The molecule has 0 saturated carbocycles. The number of hydrogen-bond donors (Lipinski definition) is 1. The van der Waals surface area contributed by atoms with Crippen molar-refractivity contribution in [2.75, 3.05) is 38.1 Å². The Morgan fingerprint density at radius 3 is 2.62 bits per heavy atom. The summed E-state index contributed by atoms with van der Waals surface area (Å²) in [5, 5.41) is 3.32. The smallest absolute Gasteiger partial charge is 0.146 e. The zero-order chi connectivity index (χ0) is 15.6. The third-order valence-corrected chi connectivity index (χ3v) is 4.64. The van der Waals surface area contributed by atoms with Crippen molar-refractivity contribution in [1.82, 2.24) is 10.2 Å². The number of nitrogens with one attached hydrogen (secondary N) is 1. The second-order valence-electron chi connectivity index (χ2n) is 6.65. The number of halogens is 1. The van der Waals surface area contributed by atoms with Gasteiger partial charge in [-0.2, -0.15) is 0 Å². The fourth-order valence-electron chi connectivity index (χ4n) is 2.92. The molecule has 4 heteroatoms. The van der Waals surface area contributed by atoms with Crippen LogP contribution >= 0.6 is 0 Å². The summed E-state index contributed by atoms with van der Waals surface area (Å²) in [7, 11) is 2.13. The third kappa shape index (κ3) is 3.55. The number of likely N-dealkylation sites (N-methyl/N-ethyl adjacent to an activating group) is 1. The van der Waals surface area contributed by atoms with Gasteiger partial charge < -0.3 is 10.2 Å². The lowest BCUT2D eigenvalue weighted by Gasteiger charge is -2.46. The van der Waals surface area contributed by atoms with Crippen LogP contribution in [-0.4, -0.2) is 43.7 Å². The summed E-state index contributed by atoms with van der Waals surface area (Å²) < 4.78 is 14.5. The van der Waals surface area contributed by atoms with E-state index in [-0.39, 0.29) is 17.4 Å². The van der Waals surface area contributed by atoms with Crippen molar-refractivity contribution in [2.24, 2.45) is 0 Å². The van der Waals surface area contributed by atoms with Gasteiger partial charge in [0.15, 0.2) is 0 Å². The zero-order valence-electron chi connectivity index (χ0n) is 13.9. The molecule has 0 spiro atoms. The van der Waals surface area contributed by atoms with Crippen LogP contribution in [0.1, 0.15) is 39.3 Å². The van der Waals surface area contributed by atoms with Gasteiger partial charge in [-0.15, -0.1) is 0 Å². The highest BCUT2D eigenvalue weighted by molar-refractivity contribution is 5.50. The summed E-state index contributed by atoms with van der Waals surface area (Å²) in [5.74, 6) is -0.113. The Morgan fingerprint density at radius 2 is 2.05 bits per heavy atom. The van der Waals surface area contributed by atoms with E-state index >= 15 is 0 Å². The summed E-state index contributed by atoms with van der Waals surface area (Å²) in [4.78, 5) is 4.50. The predicted octanol–water partition coefficient (Wildman–Crippen LogP) is 3.03. The molecule has 3 nitrogen and oxygen atoms in total. The van der Waals surface area contributed by atoms with Crippen LogP contribution in [-0.2, 0) is 0 Å². The van der Waals surface area contributed by atoms with Gasteiger partial charge in [0.05, 0.1) is 5.69 Å². The first-order chi connectivity index (χ1) is 9.85. The number of piperazine rings is 1. The van der Waals surface area contributed by atoms with Crippen molar-refractivity contribution in [3.63, 3.8) is 0 Å². The molecule has 1 aliphatic heterocycles. The number of hydrogen-bond acceptors (Lipinski definition) is 3. The molecule has 0 radical (unpaired) electrons. The minimum Gasteiger partial charge on any atom is -0.366 e. The first-order valence-electron chi connectivity index (χ1n) is 7.84. The third-order valence-electron chi connectivity index (χ3n) is 4.64. The maximum Gasteiger partial charge on any atom is 0.146 e. The van der Waals surface area contributed by atoms with E-state index in [1.165, 1.54) is 0 Å². The lowest BCUT2D eigenvalue weighted by atomic mass is 9.98. The van der Waals surface area contributed by atoms with Crippen molar-refractivity contribution < 1.29 is 4.39 Å². The first-order valence-corrected chi connectivity index (χ1v) is 7.84. The highest BCUT2D eigenvalue weighted by Gasteiger charge is 2.32. The Morgan fingerprint density at radius 1 is 1.33 bits per heavy atom. The Kier molecular flexibility index (Phi) is 4.89. The second-order valence-corrected chi connectivity index (χ2v) is 6.65. The molecule has 1 unspecified atom stereocenters. The summed E-state index contributed by atoms with van der Waals surface area (Å²) >= 11 is 0. The van der Waals surface area contributed by atoms with Crippen molar-refractivity contribution in [2.45, 2.75) is 39.3 Å². The van der Waals surface area contributed by atoms with Gasteiger partial charge in [-0.25, -0.2) is 4.39 Å². The molecule has 21 heavy (non-hydrogen) atoms. The van der Waals surface area contributed by atoms with Gasteiger partial charge in [-0.1, -0.05) is 13.0 Å². The average Bonchev–Trinajstić information content (AvgIpc) is 2.42. The predicted molar refractivity (Wildman–Crippen MR) is 87.4 cm³/mol. The Balaban J connectivity index is 2.18. The Hall–Kier alpha value is -1.13. The second kappa shape index (κ2) is 6.32. The molecule has 0 amide bonds. The molecule has 1 aliphatic rings. The van der Waals surface area contributed by atoms with Crippen LogP contribution in [0.4, 0.5) is 10.1 Å². The molecule has 1 atom stereocenters. The maximum atomic E-state index is 14.5. The molecule has 118 valence electrons. The van der Waals surface area contributed by atoms with Crippen LogP contribution in [0.5, 0.6) is 0 Å². The topological polar surface area (TPSA) is 18.5 Å². The van der Waals surface area contributed by atoms with E-state index in [1.807, 2.05) is 12.1 Å². The summed E-state index contributed by atoms with van der Waals surface area (Å²) in [6.07, 6.45) is 0. The molecule has 1 heterocycles. The van der Waals surface area contributed by atoms with Crippen LogP contribution in [0.25, 0.3) is 0 Å². The van der Waals surface area contributed by atoms with E-state index in [2.05, 4.69) is 49.9 Å². The van der Waals surface area contributed by atoms with Crippen molar-refractivity contribution in [1.29, 1.82) is 0 Å². The van der Waals surface area contributed by atoms with Crippen LogP contribution in [0.3, 0.4) is 0 Å². The van der Waals surface area contributed by atoms with Crippen LogP contribution in [0.15, 0.2) is 18.2 Å².